The summed E-state index contributed by atoms with van der Waals surface area (Å²) < 4.78 is 39.9. The zero-order valence-corrected chi connectivity index (χ0v) is 15.8. The Kier molecular flexibility index (Phi) is 5.47. The minimum absolute atomic E-state index is 0.0419. The first-order chi connectivity index (χ1) is 12.8. The molecule has 2 aromatic carbocycles. The van der Waals surface area contributed by atoms with Crippen molar-refractivity contribution in [3.63, 3.8) is 0 Å². The van der Waals surface area contributed by atoms with E-state index in [2.05, 4.69) is 20.2 Å². The van der Waals surface area contributed by atoms with Gasteiger partial charge in [0.25, 0.3) is 10.0 Å². The Hall–Kier alpha value is -2.85. The van der Waals surface area contributed by atoms with Crippen LogP contribution < -0.4 is 10.0 Å². The first kappa shape index (κ1) is 18.9. The zero-order valence-electron chi connectivity index (χ0n) is 14.1. The van der Waals surface area contributed by atoms with E-state index in [-0.39, 0.29) is 17.2 Å². The van der Waals surface area contributed by atoms with Gasteiger partial charge in [0.05, 0.1) is 11.3 Å². The molecule has 3 rings (SSSR count). The minimum atomic E-state index is -3.81. The van der Waals surface area contributed by atoms with Gasteiger partial charge in [-0.25, -0.2) is 12.8 Å². The number of carbonyl (C=O) groups excluding carboxylic acids is 1. The first-order valence-corrected chi connectivity index (χ1v) is 10.1. The number of sulfonamides is 1. The summed E-state index contributed by atoms with van der Waals surface area (Å²) in [7, 11) is -3.81. The van der Waals surface area contributed by atoms with Crippen molar-refractivity contribution in [2.45, 2.75) is 18.2 Å². The van der Waals surface area contributed by atoms with Gasteiger partial charge in [0.2, 0.25) is 11.0 Å². The average Bonchev–Trinajstić information content (AvgIpc) is 3.01. The van der Waals surface area contributed by atoms with Gasteiger partial charge in [0, 0.05) is 5.69 Å². The third kappa shape index (κ3) is 5.08. The number of hydrogen-bond donors (Lipinski definition) is 2. The maximum Gasteiger partial charge on any atom is 0.261 e. The van der Waals surface area contributed by atoms with Crippen LogP contribution in [0, 0.1) is 12.7 Å². The molecule has 10 heteroatoms. The van der Waals surface area contributed by atoms with Crippen LogP contribution in [0.5, 0.6) is 0 Å². The molecule has 0 aliphatic heterocycles. The van der Waals surface area contributed by atoms with Gasteiger partial charge in [-0.05, 0) is 48.9 Å². The number of hydrogen-bond acceptors (Lipinski definition) is 6. The molecule has 27 heavy (non-hydrogen) atoms. The van der Waals surface area contributed by atoms with E-state index in [1.807, 2.05) is 0 Å². The van der Waals surface area contributed by atoms with Crippen LogP contribution in [-0.2, 0) is 21.2 Å². The molecular weight excluding hydrogens is 391 g/mol. The topological polar surface area (TPSA) is 101 Å². The molecule has 7 nitrogen and oxygen atoms in total. The van der Waals surface area contributed by atoms with E-state index in [1.165, 1.54) is 23.5 Å². The summed E-state index contributed by atoms with van der Waals surface area (Å²) >= 11 is 1.28. The number of carbonyl (C=O) groups is 1. The molecule has 0 spiro atoms. The van der Waals surface area contributed by atoms with Crippen molar-refractivity contribution in [2.24, 2.45) is 0 Å². The van der Waals surface area contributed by atoms with Gasteiger partial charge in [-0.3, -0.25) is 9.52 Å². The molecule has 1 heterocycles. The van der Waals surface area contributed by atoms with E-state index in [0.29, 0.717) is 16.4 Å². The van der Waals surface area contributed by atoms with E-state index in [9.17, 15) is 17.6 Å². The van der Waals surface area contributed by atoms with Crippen LogP contribution in [0.4, 0.5) is 15.2 Å². The van der Waals surface area contributed by atoms with Crippen LogP contribution in [0.2, 0.25) is 0 Å². The molecule has 0 saturated carbocycles. The highest BCUT2D eigenvalue weighted by Gasteiger charge is 2.14. The summed E-state index contributed by atoms with van der Waals surface area (Å²) in [5.41, 5.74) is 1.04. The van der Waals surface area contributed by atoms with Crippen molar-refractivity contribution >= 4 is 38.1 Å². The van der Waals surface area contributed by atoms with Gasteiger partial charge in [0.1, 0.15) is 10.8 Å². The smallest absolute Gasteiger partial charge is 0.261 e. The molecule has 3 aromatic rings. The molecule has 0 aliphatic rings. The summed E-state index contributed by atoms with van der Waals surface area (Å²) in [5, 5.41) is 11.5. The Morgan fingerprint density at radius 2 is 1.74 bits per heavy atom. The number of halogens is 1. The van der Waals surface area contributed by atoms with Gasteiger partial charge in [-0.2, -0.15) is 0 Å². The second-order valence-electron chi connectivity index (χ2n) is 5.61. The maximum absolute atomic E-state index is 12.9. The number of rotatable bonds is 6. The van der Waals surface area contributed by atoms with Gasteiger partial charge < -0.3 is 5.32 Å². The highest BCUT2D eigenvalue weighted by molar-refractivity contribution is 7.92. The first-order valence-electron chi connectivity index (χ1n) is 7.79. The summed E-state index contributed by atoms with van der Waals surface area (Å²) in [6.07, 6.45) is 0.115. The van der Waals surface area contributed by atoms with Crippen molar-refractivity contribution in [1.82, 2.24) is 10.2 Å². The number of amides is 1. The lowest BCUT2D eigenvalue weighted by Gasteiger charge is -2.09. The lowest BCUT2D eigenvalue weighted by atomic mass is 10.1. The van der Waals surface area contributed by atoms with Crippen LogP contribution >= 0.6 is 11.3 Å². The van der Waals surface area contributed by atoms with Crippen molar-refractivity contribution < 1.29 is 17.6 Å². The summed E-state index contributed by atoms with van der Waals surface area (Å²) in [6.45, 7) is 1.79. The van der Waals surface area contributed by atoms with Gasteiger partial charge in [0.15, 0.2) is 0 Å². The quantitative estimate of drug-likeness (QED) is 0.655. The Morgan fingerprint density at radius 1 is 1.07 bits per heavy atom. The van der Waals surface area contributed by atoms with Gasteiger partial charge >= 0.3 is 0 Å². The molecule has 0 atom stereocenters. The lowest BCUT2D eigenvalue weighted by Crippen LogP contribution is -2.15. The molecule has 0 fully saturated rings. The molecule has 0 unspecified atom stereocenters. The molecule has 0 radical (unpaired) electrons. The normalized spacial score (nSPS) is 11.2. The number of benzene rings is 2. The van der Waals surface area contributed by atoms with Crippen LogP contribution in [0.3, 0.4) is 0 Å². The summed E-state index contributed by atoms with van der Waals surface area (Å²) in [6, 6.07) is 10.9. The second-order valence-corrected chi connectivity index (χ2v) is 8.47. The molecule has 0 aliphatic carbocycles. The van der Waals surface area contributed by atoms with E-state index in [0.717, 1.165) is 17.1 Å². The minimum Gasteiger partial charge on any atom is -0.300 e. The fraction of sp³-hybridized carbons (Fsp3) is 0.118. The molecule has 140 valence electrons. The third-order valence-electron chi connectivity index (χ3n) is 3.47. The Morgan fingerprint density at radius 3 is 2.33 bits per heavy atom. The largest absolute Gasteiger partial charge is 0.300 e. The SMILES string of the molecule is Cc1nnc(NC(=O)Cc2ccc(NS(=O)(=O)c3ccc(F)cc3)cc2)s1. The van der Waals surface area contributed by atoms with Crippen molar-refractivity contribution in [3.05, 3.63) is 64.9 Å². The number of nitrogens with one attached hydrogen (secondary N) is 2. The van der Waals surface area contributed by atoms with Gasteiger partial charge in [-0.1, -0.05) is 23.5 Å². The number of aryl methyl sites for hydroxylation is 1. The van der Waals surface area contributed by atoms with E-state index in [4.69, 9.17) is 0 Å². The average molecular weight is 406 g/mol. The number of nitrogens with zero attached hydrogens (tertiary/aromatic N) is 2. The Labute approximate surface area is 159 Å². The summed E-state index contributed by atoms with van der Waals surface area (Å²) in [4.78, 5) is 12.0. The zero-order chi connectivity index (χ0) is 19.4. The molecule has 0 bridgehead atoms. The van der Waals surface area contributed by atoms with Crippen LogP contribution in [0.1, 0.15) is 10.6 Å². The van der Waals surface area contributed by atoms with Crippen LogP contribution in [-0.4, -0.2) is 24.5 Å². The molecular formula is C17H15FN4O3S2. The fourth-order valence-corrected chi connectivity index (χ4v) is 3.88. The number of anilines is 2. The molecule has 0 saturated heterocycles. The van der Waals surface area contributed by atoms with Crippen molar-refractivity contribution in [2.75, 3.05) is 10.0 Å². The van der Waals surface area contributed by atoms with E-state index < -0.39 is 15.8 Å². The lowest BCUT2D eigenvalue weighted by molar-refractivity contribution is -0.115. The predicted octanol–water partition coefficient (Wildman–Crippen LogP) is 2.97. The maximum atomic E-state index is 12.9. The monoisotopic (exact) mass is 406 g/mol. The Balaban J connectivity index is 1.63. The van der Waals surface area contributed by atoms with E-state index >= 15 is 0 Å². The number of aromatic nitrogens is 2. The molecule has 1 amide bonds. The standard InChI is InChI=1S/C17H15FN4O3S2/c1-11-20-21-17(26-11)19-16(23)10-12-2-6-14(7-3-12)22-27(24,25)15-8-4-13(18)5-9-15/h2-9,22H,10H2,1H3,(H,19,21,23). The second kappa shape index (κ2) is 7.80. The van der Waals surface area contributed by atoms with E-state index in [1.54, 1.807) is 31.2 Å². The third-order valence-corrected chi connectivity index (χ3v) is 5.62. The van der Waals surface area contributed by atoms with Crippen molar-refractivity contribution in [3.8, 4) is 0 Å². The van der Waals surface area contributed by atoms with Crippen LogP contribution in [0.15, 0.2) is 53.4 Å². The highest BCUT2D eigenvalue weighted by atomic mass is 32.2. The van der Waals surface area contributed by atoms with Crippen LogP contribution in [0.25, 0.3) is 0 Å². The fourth-order valence-electron chi connectivity index (χ4n) is 2.21. The van der Waals surface area contributed by atoms with Crippen molar-refractivity contribution in [1.29, 1.82) is 0 Å². The van der Waals surface area contributed by atoms with Gasteiger partial charge in [-0.15, -0.1) is 10.2 Å². The predicted molar refractivity (Wildman–Crippen MR) is 101 cm³/mol. The highest BCUT2D eigenvalue weighted by Crippen LogP contribution is 2.18. The molecule has 1 aromatic heterocycles. The molecule has 2 N–H and O–H groups in total. The summed E-state index contributed by atoms with van der Waals surface area (Å²) in [5.74, 6) is -0.758. The Bertz CT molecular complexity index is 1050.